The van der Waals surface area contributed by atoms with E-state index in [0.717, 1.165) is 22.2 Å². The highest BCUT2D eigenvalue weighted by Gasteiger charge is 2.38. The minimum Gasteiger partial charge on any atom is -0.475 e. The van der Waals surface area contributed by atoms with Gasteiger partial charge in [0, 0.05) is 47.1 Å². The number of pyridine rings is 2. The second-order valence-electron chi connectivity index (χ2n) is 7.35. The third-order valence-corrected chi connectivity index (χ3v) is 5.08. The Morgan fingerprint density at radius 2 is 1.76 bits per heavy atom. The molecular weight excluding hydrogens is 456 g/mol. The van der Waals surface area contributed by atoms with Crippen LogP contribution < -0.4 is 5.32 Å². The zero-order valence-electron chi connectivity index (χ0n) is 17.3. The lowest BCUT2D eigenvalue weighted by molar-refractivity contribution is -0.192. The van der Waals surface area contributed by atoms with Crippen molar-refractivity contribution in [3.63, 3.8) is 0 Å². The molecule has 4 aromatic rings. The number of aromatic nitrogens is 3. The fourth-order valence-corrected chi connectivity index (χ4v) is 3.45. The van der Waals surface area contributed by atoms with Crippen LogP contribution in [0.15, 0.2) is 54.9 Å². The van der Waals surface area contributed by atoms with Crippen LogP contribution in [-0.2, 0) is 11.2 Å². The first kappa shape index (κ1) is 22.9. The maximum absolute atomic E-state index is 14.5. The first-order chi connectivity index (χ1) is 16.1. The van der Waals surface area contributed by atoms with Gasteiger partial charge >= 0.3 is 12.1 Å². The molecule has 7 nitrogen and oxygen atoms in total. The van der Waals surface area contributed by atoms with Gasteiger partial charge in [-0.05, 0) is 24.3 Å². The summed E-state index contributed by atoms with van der Waals surface area (Å²) >= 11 is 0. The number of carbonyl (C=O) groups excluding carboxylic acids is 1. The number of carbonyl (C=O) groups is 2. The van der Waals surface area contributed by atoms with Crippen LogP contribution in [0.25, 0.3) is 33.4 Å². The highest BCUT2D eigenvalue weighted by Crippen LogP contribution is 2.30. The molecule has 3 N–H and O–H groups in total. The van der Waals surface area contributed by atoms with E-state index in [4.69, 9.17) is 9.90 Å². The number of hydrogen-bond acceptors (Lipinski definition) is 4. The van der Waals surface area contributed by atoms with Crippen molar-refractivity contribution < 1.29 is 32.3 Å². The summed E-state index contributed by atoms with van der Waals surface area (Å²) in [6, 6.07) is 13.2. The van der Waals surface area contributed by atoms with Crippen molar-refractivity contribution in [1.82, 2.24) is 20.3 Å². The summed E-state index contributed by atoms with van der Waals surface area (Å²) in [4.78, 5) is 32.7. The predicted molar refractivity (Wildman–Crippen MR) is 114 cm³/mol. The van der Waals surface area contributed by atoms with Gasteiger partial charge in [0.05, 0.1) is 23.0 Å². The molecule has 34 heavy (non-hydrogen) atoms. The average Bonchev–Trinajstić information content (AvgIpc) is 3.24. The number of rotatable bonds is 2. The Labute approximate surface area is 189 Å². The molecular formula is C23H16F4N4O3. The quantitative estimate of drug-likeness (QED) is 0.376. The van der Waals surface area contributed by atoms with Crippen molar-refractivity contribution in [2.24, 2.45) is 0 Å². The lowest BCUT2D eigenvalue weighted by Gasteiger charge is -2.11. The van der Waals surface area contributed by atoms with Crippen LogP contribution in [0.5, 0.6) is 0 Å². The first-order valence-corrected chi connectivity index (χ1v) is 9.95. The molecule has 0 saturated heterocycles. The highest BCUT2D eigenvalue weighted by molar-refractivity contribution is 5.98. The Hall–Kier alpha value is -4.28. The third-order valence-electron chi connectivity index (χ3n) is 5.08. The molecule has 1 amide bonds. The van der Waals surface area contributed by atoms with Crippen LogP contribution in [0.4, 0.5) is 17.6 Å². The van der Waals surface area contributed by atoms with Crippen molar-refractivity contribution in [3.8, 4) is 22.5 Å². The van der Waals surface area contributed by atoms with Crippen LogP contribution in [0.3, 0.4) is 0 Å². The van der Waals surface area contributed by atoms with Crippen molar-refractivity contribution in [2.45, 2.75) is 12.6 Å². The van der Waals surface area contributed by atoms with Crippen LogP contribution in [0.2, 0.25) is 0 Å². The monoisotopic (exact) mass is 472 g/mol. The second-order valence-corrected chi connectivity index (χ2v) is 7.35. The van der Waals surface area contributed by atoms with Crippen LogP contribution >= 0.6 is 0 Å². The number of carboxylic acid groups (broad SMARTS) is 1. The number of aromatic amines is 1. The molecule has 0 fully saturated rings. The molecule has 1 aromatic carbocycles. The largest absolute Gasteiger partial charge is 0.490 e. The number of fused-ring (bicyclic) bond motifs is 2. The van der Waals surface area contributed by atoms with Crippen LogP contribution in [0, 0.1) is 5.82 Å². The van der Waals surface area contributed by atoms with Crippen molar-refractivity contribution >= 4 is 22.8 Å². The van der Waals surface area contributed by atoms with Crippen LogP contribution in [-0.4, -0.2) is 44.7 Å². The molecule has 0 atom stereocenters. The Morgan fingerprint density at radius 3 is 2.47 bits per heavy atom. The third kappa shape index (κ3) is 4.72. The lowest BCUT2D eigenvalue weighted by Crippen LogP contribution is -2.31. The number of nitrogens with zero attached hydrogens (tertiary/aromatic N) is 2. The van der Waals surface area contributed by atoms with E-state index in [2.05, 4.69) is 20.3 Å². The average molecular weight is 472 g/mol. The number of H-pyrrole nitrogens is 1. The molecule has 0 saturated carbocycles. The molecule has 0 unspecified atom stereocenters. The summed E-state index contributed by atoms with van der Waals surface area (Å²) in [6.07, 6.45) is -1.44. The summed E-state index contributed by atoms with van der Waals surface area (Å²) in [5.41, 5.74) is 4.69. The fourth-order valence-electron chi connectivity index (χ4n) is 3.45. The molecule has 0 bridgehead atoms. The number of carboxylic acids is 1. The molecule has 5 rings (SSSR count). The number of para-hydroxylation sites is 1. The molecule has 11 heteroatoms. The van der Waals surface area contributed by atoms with E-state index >= 15 is 0 Å². The summed E-state index contributed by atoms with van der Waals surface area (Å²) in [7, 11) is 0. The van der Waals surface area contributed by atoms with Gasteiger partial charge in [0.2, 0.25) is 0 Å². The standard InChI is InChI=1S/C21H15FN4O.C2HF3O2/c22-16-11-25-19(13-7-12-3-1-2-4-17(12)24-10-13)8-14(16)20-9-15-18(26-20)5-6-23-21(15)27;3-2(4,5)1(6)7/h1-4,7-11,26H,5-6H2,(H,23,27);(H,6,7). The molecule has 4 heterocycles. The van der Waals surface area contributed by atoms with Gasteiger partial charge in [0.1, 0.15) is 0 Å². The molecule has 3 aromatic heterocycles. The Balaban J connectivity index is 0.000000344. The van der Waals surface area contributed by atoms with Crippen molar-refractivity contribution in [1.29, 1.82) is 0 Å². The summed E-state index contributed by atoms with van der Waals surface area (Å²) in [5.74, 6) is -3.33. The summed E-state index contributed by atoms with van der Waals surface area (Å²) in [6.45, 7) is 0.582. The first-order valence-electron chi connectivity index (χ1n) is 9.95. The van der Waals surface area contributed by atoms with Gasteiger partial charge in [-0.1, -0.05) is 18.2 Å². The maximum atomic E-state index is 14.5. The maximum Gasteiger partial charge on any atom is 0.490 e. The number of aliphatic carboxylic acids is 1. The fraction of sp³-hybridized carbons (Fsp3) is 0.130. The number of amides is 1. The SMILES string of the molecule is O=C(O)C(F)(F)F.O=C1NCCc2[nH]c(-c3cc(-c4cnc5ccccc5c4)ncc3F)cc21. The Morgan fingerprint density at radius 1 is 1.03 bits per heavy atom. The molecule has 0 aliphatic carbocycles. The van der Waals surface area contributed by atoms with Gasteiger partial charge < -0.3 is 15.4 Å². The summed E-state index contributed by atoms with van der Waals surface area (Å²) in [5, 5.41) is 10.9. The van der Waals surface area contributed by atoms with Crippen molar-refractivity contribution in [3.05, 3.63) is 71.9 Å². The predicted octanol–water partition coefficient (Wildman–Crippen LogP) is 4.35. The minimum atomic E-state index is -5.08. The second kappa shape index (κ2) is 8.93. The van der Waals surface area contributed by atoms with Crippen LogP contribution in [0.1, 0.15) is 16.1 Å². The molecule has 1 aliphatic heterocycles. The lowest BCUT2D eigenvalue weighted by atomic mass is 10.1. The number of benzene rings is 1. The van der Waals surface area contributed by atoms with Gasteiger partial charge in [-0.2, -0.15) is 13.2 Å². The van der Waals surface area contributed by atoms with Gasteiger partial charge in [-0.15, -0.1) is 0 Å². The van der Waals surface area contributed by atoms with E-state index < -0.39 is 18.0 Å². The van der Waals surface area contributed by atoms with Gasteiger partial charge in [0.25, 0.3) is 5.91 Å². The van der Waals surface area contributed by atoms with Crippen molar-refractivity contribution in [2.75, 3.05) is 6.54 Å². The van der Waals surface area contributed by atoms with Gasteiger partial charge in [0.15, 0.2) is 5.82 Å². The normalized spacial score (nSPS) is 13.0. The van der Waals surface area contributed by atoms with E-state index in [1.807, 2.05) is 30.3 Å². The topological polar surface area (TPSA) is 108 Å². The minimum absolute atomic E-state index is 0.132. The van der Waals surface area contributed by atoms with E-state index in [9.17, 15) is 22.4 Å². The molecule has 174 valence electrons. The smallest absolute Gasteiger partial charge is 0.475 e. The number of nitrogens with one attached hydrogen (secondary N) is 2. The molecule has 1 aliphatic rings. The zero-order valence-corrected chi connectivity index (χ0v) is 17.3. The zero-order chi connectivity index (χ0) is 24.5. The number of alkyl halides is 3. The van der Waals surface area contributed by atoms with E-state index in [-0.39, 0.29) is 5.91 Å². The number of halogens is 4. The molecule has 0 spiro atoms. The summed E-state index contributed by atoms with van der Waals surface area (Å²) < 4.78 is 46.2. The highest BCUT2D eigenvalue weighted by atomic mass is 19.4. The van der Waals surface area contributed by atoms with E-state index in [0.29, 0.717) is 35.5 Å². The Kier molecular flexibility index (Phi) is 6.01. The van der Waals surface area contributed by atoms with E-state index in [1.165, 1.54) is 6.20 Å². The van der Waals surface area contributed by atoms with Gasteiger partial charge in [-0.25, -0.2) is 9.18 Å². The molecule has 0 radical (unpaired) electrons. The van der Waals surface area contributed by atoms with E-state index in [1.54, 1.807) is 18.3 Å². The number of hydrogen-bond donors (Lipinski definition) is 3. The Bertz CT molecular complexity index is 1400. The van der Waals surface area contributed by atoms with Gasteiger partial charge in [-0.3, -0.25) is 14.8 Å².